The summed E-state index contributed by atoms with van der Waals surface area (Å²) in [4.78, 5) is 0. The largest absolute Gasteiger partial charge is 1.00 e. The third-order valence-electron chi connectivity index (χ3n) is 10.6. The third-order valence-corrected chi connectivity index (χ3v) is 10.6. The van der Waals surface area contributed by atoms with Crippen molar-refractivity contribution in [2.24, 2.45) is 0 Å². The number of hydrogen-bond donors (Lipinski definition) is 1. The summed E-state index contributed by atoms with van der Waals surface area (Å²) in [6.45, 7) is 12.0. The molecular formula is C49H98BrNO6. The third kappa shape index (κ3) is 49.9. The predicted octanol–water partition coefficient (Wildman–Crippen LogP) is 9.59. The van der Waals surface area contributed by atoms with E-state index in [2.05, 4.69) is 52.2 Å². The fourth-order valence-electron chi connectivity index (χ4n) is 6.98. The second-order valence-corrected chi connectivity index (χ2v) is 16.8. The van der Waals surface area contributed by atoms with Gasteiger partial charge >= 0.3 is 0 Å². The highest BCUT2D eigenvalue weighted by molar-refractivity contribution is 4.82. The highest BCUT2D eigenvalue weighted by atomic mass is 79.9. The van der Waals surface area contributed by atoms with Crippen LogP contribution < -0.4 is 17.0 Å². The van der Waals surface area contributed by atoms with E-state index in [1.807, 2.05) is 0 Å². The van der Waals surface area contributed by atoms with Crippen LogP contribution in [0.4, 0.5) is 0 Å². The van der Waals surface area contributed by atoms with E-state index >= 15 is 0 Å². The summed E-state index contributed by atoms with van der Waals surface area (Å²) < 4.78 is 30.2. The number of unbranched alkanes of at least 4 members (excludes halogenated alkanes) is 24. The molecule has 1 atom stereocenters. The van der Waals surface area contributed by atoms with Crippen molar-refractivity contribution in [2.45, 2.75) is 200 Å². The van der Waals surface area contributed by atoms with Gasteiger partial charge in [0.1, 0.15) is 19.2 Å². The van der Waals surface area contributed by atoms with Gasteiger partial charge in [0.15, 0.2) is 0 Å². The summed E-state index contributed by atoms with van der Waals surface area (Å²) >= 11 is 0. The molecule has 8 heteroatoms. The molecule has 0 aliphatic heterocycles. The first-order valence-electron chi connectivity index (χ1n) is 24.2. The van der Waals surface area contributed by atoms with Gasteiger partial charge in [-0.05, 0) is 64.2 Å². The van der Waals surface area contributed by atoms with Crippen molar-refractivity contribution in [3.8, 4) is 0 Å². The van der Waals surface area contributed by atoms with Gasteiger partial charge in [-0.15, -0.1) is 0 Å². The Morgan fingerprint density at radius 1 is 0.421 bits per heavy atom. The van der Waals surface area contributed by atoms with Crippen LogP contribution >= 0.6 is 0 Å². The van der Waals surface area contributed by atoms with Gasteiger partial charge in [-0.2, -0.15) is 0 Å². The number of allylic oxidation sites excluding steroid dienone is 4. The molecule has 7 nitrogen and oxygen atoms in total. The van der Waals surface area contributed by atoms with Crippen molar-refractivity contribution in [2.75, 3.05) is 93.3 Å². The number of ether oxygens (including phenoxy) is 5. The Morgan fingerprint density at radius 3 is 1.23 bits per heavy atom. The Hall–Kier alpha value is -0.320. The van der Waals surface area contributed by atoms with Gasteiger partial charge in [0.25, 0.3) is 0 Å². The molecule has 0 aromatic heterocycles. The first kappa shape index (κ1) is 58.8. The number of quaternary nitrogens is 1. The minimum Gasteiger partial charge on any atom is -1.00 e. The van der Waals surface area contributed by atoms with Crippen molar-refractivity contribution in [1.29, 1.82) is 0 Å². The molecule has 0 aliphatic carbocycles. The molecule has 0 aromatic carbocycles. The molecular weight excluding hydrogens is 778 g/mol. The first-order valence-corrected chi connectivity index (χ1v) is 24.2. The number of likely N-dealkylation sites (N-methyl/N-ethyl adjacent to an activating group) is 1. The number of nitrogens with zero attached hydrogens (tertiary/aromatic N) is 1. The summed E-state index contributed by atoms with van der Waals surface area (Å²) in [5.41, 5.74) is 0. The smallest absolute Gasteiger partial charge is 0.130 e. The molecule has 0 aliphatic rings. The van der Waals surface area contributed by atoms with Crippen LogP contribution in [0, 0.1) is 0 Å². The maximum atomic E-state index is 8.77. The minimum atomic E-state index is 0. The van der Waals surface area contributed by atoms with Crippen LogP contribution in [-0.4, -0.2) is 109 Å². The number of hydrogen-bond acceptors (Lipinski definition) is 6. The van der Waals surface area contributed by atoms with Gasteiger partial charge in [0.05, 0.1) is 67.0 Å². The lowest BCUT2D eigenvalue weighted by Gasteiger charge is -2.33. The summed E-state index contributed by atoms with van der Waals surface area (Å²) in [5, 5.41) is 8.77. The maximum absolute atomic E-state index is 8.77. The van der Waals surface area contributed by atoms with Crippen molar-refractivity contribution in [3.05, 3.63) is 24.3 Å². The highest BCUT2D eigenvalue weighted by Crippen LogP contribution is 2.13. The normalized spacial score (nSPS) is 12.6. The average molecular weight is 877 g/mol. The first-order chi connectivity index (χ1) is 27.6. The van der Waals surface area contributed by atoms with Crippen LogP contribution in [0.2, 0.25) is 0 Å². The van der Waals surface area contributed by atoms with Gasteiger partial charge in [-0.25, -0.2) is 0 Å². The van der Waals surface area contributed by atoms with E-state index in [1.165, 1.54) is 167 Å². The van der Waals surface area contributed by atoms with E-state index < -0.39 is 0 Å². The number of halogens is 1. The summed E-state index contributed by atoms with van der Waals surface area (Å²) in [5.74, 6) is 0. The lowest BCUT2D eigenvalue weighted by molar-refractivity contribution is -0.894. The van der Waals surface area contributed by atoms with Crippen molar-refractivity contribution < 1.29 is 50.3 Å². The summed E-state index contributed by atoms with van der Waals surface area (Å²) in [7, 11) is 4.54. The van der Waals surface area contributed by atoms with E-state index in [0.29, 0.717) is 46.2 Å². The standard InChI is InChI=1S/C49H98NO6.BrH/c1-5-7-9-11-13-15-17-19-21-23-25-27-29-31-33-35-39-55-48-49(47-50(3,4)37-41-52-43-45-54-46-44-53-42-38-51)56-40-36-34-32-30-28-26-24-22-20-18-16-14-12-10-8-6-2;/h19-22,49,51H,5-18,23-48H2,1-4H3;1H/q+1;/p-1. The molecule has 0 rings (SSSR count). The Morgan fingerprint density at radius 2 is 0.789 bits per heavy atom. The Bertz CT molecular complexity index is 798. The maximum Gasteiger partial charge on any atom is 0.130 e. The molecule has 0 spiro atoms. The second-order valence-electron chi connectivity index (χ2n) is 16.8. The Labute approximate surface area is 366 Å². The van der Waals surface area contributed by atoms with Crippen molar-refractivity contribution in [3.63, 3.8) is 0 Å². The van der Waals surface area contributed by atoms with Crippen LogP contribution in [0.3, 0.4) is 0 Å². The fraction of sp³-hybridized carbons (Fsp3) is 0.918. The van der Waals surface area contributed by atoms with Crippen LogP contribution in [0.5, 0.6) is 0 Å². The van der Waals surface area contributed by atoms with Crippen molar-refractivity contribution in [1.82, 2.24) is 0 Å². The topological polar surface area (TPSA) is 66.4 Å². The van der Waals surface area contributed by atoms with E-state index in [9.17, 15) is 0 Å². The number of aliphatic hydroxyl groups is 1. The molecule has 57 heavy (non-hydrogen) atoms. The average Bonchev–Trinajstić information content (AvgIpc) is 3.19. The van der Waals surface area contributed by atoms with Crippen molar-refractivity contribution >= 4 is 0 Å². The SMILES string of the molecule is CCCCCCCCC=CCCCCCCCCOCC(C[N+](C)(C)CCOCCOCCOCCO)OCCCCCCCCC=CCCCCCCCC.[Br-]. The minimum absolute atomic E-state index is 0. The predicted molar refractivity (Wildman–Crippen MR) is 241 cm³/mol. The van der Waals surface area contributed by atoms with Gasteiger partial charge in [-0.1, -0.05) is 154 Å². The fourth-order valence-corrected chi connectivity index (χ4v) is 6.98. The van der Waals surface area contributed by atoms with Gasteiger partial charge in [-0.3, -0.25) is 0 Å². The molecule has 0 saturated carbocycles. The monoisotopic (exact) mass is 876 g/mol. The van der Waals surface area contributed by atoms with E-state index in [1.54, 1.807) is 0 Å². The molecule has 0 heterocycles. The van der Waals surface area contributed by atoms with E-state index in [0.717, 1.165) is 43.6 Å². The lowest BCUT2D eigenvalue weighted by atomic mass is 10.1. The molecule has 0 amide bonds. The quantitative estimate of drug-likeness (QED) is 0.0374. The molecule has 0 radical (unpaired) electrons. The van der Waals surface area contributed by atoms with E-state index in [-0.39, 0.29) is 29.7 Å². The van der Waals surface area contributed by atoms with E-state index in [4.69, 9.17) is 28.8 Å². The van der Waals surface area contributed by atoms with Crippen LogP contribution in [0.1, 0.15) is 194 Å². The molecule has 1 unspecified atom stereocenters. The number of aliphatic hydroxyl groups excluding tert-OH is 1. The highest BCUT2D eigenvalue weighted by Gasteiger charge is 2.23. The van der Waals surface area contributed by atoms with Crippen LogP contribution in [0.15, 0.2) is 24.3 Å². The molecule has 0 fully saturated rings. The zero-order valence-corrected chi connectivity index (χ0v) is 40.1. The number of rotatable bonds is 48. The zero-order chi connectivity index (χ0) is 40.7. The molecule has 1 N–H and O–H groups in total. The molecule has 0 bridgehead atoms. The van der Waals surface area contributed by atoms with Crippen LogP contribution in [0.25, 0.3) is 0 Å². The lowest BCUT2D eigenvalue weighted by Crippen LogP contribution is -3.00. The summed E-state index contributed by atoms with van der Waals surface area (Å²) in [6.07, 6.45) is 46.8. The molecule has 0 aromatic rings. The summed E-state index contributed by atoms with van der Waals surface area (Å²) in [6, 6.07) is 0. The van der Waals surface area contributed by atoms with Crippen LogP contribution in [-0.2, 0) is 23.7 Å². The van der Waals surface area contributed by atoms with Gasteiger partial charge in [0.2, 0.25) is 0 Å². The Kier molecular flexibility index (Phi) is 51.6. The second kappa shape index (κ2) is 50.0. The molecule has 0 saturated heterocycles. The van der Waals surface area contributed by atoms with Gasteiger partial charge in [0, 0.05) is 13.2 Å². The Balaban J connectivity index is 0. The zero-order valence-electron chi connectivity index (χ0n) is 38.5. The molecule has 342 valence electrons. The van der Waals surface area contributed by atoms with Gasteiger partial charge < -0.3 is 50.3 Å².